The Labute approximate surface area is 72.8 Å². The van der Waals surface area contributed by atoms with Gasteiger partial charge in [0.25, 0.3) is 0 Å². The quantitative estimate of drug-likeness (QED) is 0.655. The van der Waals surface area contributed by atoms with E-state index in [-0.39, 0.29) is 11.6 Å². The predicted octanol–water partition coefficient (Wildman–Crippen LogP) is 1.84. The van der Waals surface area contributed by atoms with Gasteiger partial charge in [-0.05, 0) is 26.7 Å². The molecule has 0 aromatic carbocycles. The topological polar surface area (TPSA) is 38.3 Å². The normalized spacial score (nSPS) is 18.2. The van der Waals surface area contributed by atoms with Crippen LogP contribution in [0, 0.1) is 0 Å². The Kier molecular flexibility index (Phi) is 2.40. The summed E-state index contributed by atoms with van der Waals surface area (Å²) in [6.07, 6.45) is 1.64. The summed E-state index contributed by atoms with van der Waals surface area (Å²) in [7, 11) is 0. The van der Waals surface area contributed by atoms with Crippen LogP contribution in [0.4, 0.5) is 4.79 Å². The molecule has 0 bridgehead atoms. The van der Waals surface area contributed by atoms with Crippen molar-refractivity contribution in [3.8, 4) is 0 Å². The third-order valence-corrected chi connectivity index (χ3v) is 2.18. The van der Waals surface area contributed by atoms with Crippen molar-refractivity contribution < 1.29 is 9.53 Å². The molecule has 1 amide bonds. The van der Waals surface area contributed by atoms with Gasteiger partial charge in [-0.1, -0.05) is 12.2 Å². The minimum Gasteiger partial charge on any atom is -0.450 e. The average Bonchev–Trinajstić information content (AvgIpc) is 2.69. The van der Waals surface area contributed by atoms with Gasteiger partial charge in [0.15, 0.2) is 0 Å². The van der Waals surface area contributed by atoms with Crippen LogP contribution in [-0.4, -0.2) is 18.2 Å². The molecule has 1 aliphatic carbocycles. The van der Waals surface area contributed by atoms with E-state index in [1.807, 2.05) is 6.92 Å². The largest absolute Gasteiger partial charge is 0.450 e. The fraction of sp³-hybridized carbons (Fsp3) is 0.667. The molecule has 12 heavy (non-hydrogen) atoms. The van der Waals surface area contributed by atoms with Crippen LogP contribution in [0.1, 0.15) is 26.7 Å². The summed E-state index contributed by atoms with van der Waals surface area (Å²) in [5, 5.41) is 2.81. The van der Waals surface area contributed by atoms with Gasteiger partial charge in [0.05, 0.1) is 12.1 Å². The Morgan fingerprint density at radius 2 is 2.25 bits per heavy atom. The predicted molar refractivity (Wildman–Crippen MR) is 46.9 cm³/mol. The van der Waals surface area contributed by atoms with Gasteiger partial charge in [-0.2, -0.15) is 0 Å². The molecule has 1 N–H and O–H groups in total. The second kappa shape index (κ2) is 3.17. The van der Waals surface area contributed by atoms with E-state index in [4.69, 9.17) is 4.74 Å². The van der Waals surface area contributed by atoms with Gasteiger partial charge in [0, 0.05) is 0 Å². The minimum absolute atomic E-state index is 0.147. The van der Waals surface area contributed by atoms with Crippen LogP contribution in [0.5, 0.6) is 0 Å². The highest BCUT2D eigenvalue weighted by molar-refractivity contribution is 5.69. The van der Waals surface area contributed by atoms with Gasteiger partial charge >= 0.3 is 6.09 Å². The van der Waals surface area contributed by atoms with Gasteiger partial charge < -0.3 is 10.1 Å². The van der Waals surface area contributed by atoms with Crippen molar-refractivity contribution in [3.63, 3.8) is 0 Å². The number of hydrogen-bond acceptors (Lipinski definition) is 2. The number of amides is 1. The number of carbonyl (C=O) groups excluding carboxylic acids is 1. The van der Waals surface area contributed by atoms with Crippen molar-refractivity contribution in [3.05, 3.63) is 12.2 Å². The summed E-state index contributed by atoms with van der Waals surface area (Å²) < 4.78 is 4.78. The Morgan fingerprint density at radius 1 is 1.67 bits per heavy atom. The smallest absolute Gasteiger partial charge is 0.407 e. The molecule has 0 unspecified atom stereocenters. The minimum atomic E-state index is -0.335. The summed E-state index contributed by atoms with van der Waals surface area (Å²) in [5.41, 5.74) is 0.863. The molecule has 0 atom stereocenters. The first kappa shape index (κ1) is 9.10. The lowest BCUT2D eigenvalue weighted by Gasteiger charge is -2.16. The summed E-state index contributed by atoms with van der Waals surface area (Å²) in [5.74, 6) is 0. The van der Waals surface area contributed by atoms with Crippen molar-refractivity contribution in [2.75, 3.05) is 6.61 Å². The SMILES string of the molecule is C=C(C)C1(NC(=O)OCC)CC1. The Balaban J connectivity index is 2.40. The molecule has 0 radical (unpaired) electrons. The second-order valence-corrected chi connectivity index (χ2v) is 3.21. The van der Waals surface area contributed by atoms with Crippen LogP contribution in [0.15, 0.2) is 12.2 Å². The van der Waals surface area contributed by atoms with Gasteiger partial charge in [0.1, 0.15) is 0 Å². The number of ether oxygens (including phenoxy) is 1. The first-order valence-electron chi connectivity index (χ1n) is 4.21. The zero-order valence-electron chi connectivity index (χ0n) is 7.64. The number of hydrogen-bond donors (Lipinski definition) is 1. The number of alkyl carbamates (subject to hydrolysis) is 1. The molecule has 3 nitrogen and oxygen atoms in total. The summed E-state index contributed by atoms with van der Waals surface area (Å²) in [6.45, 7) is 7.97. The third kappa shape index (κ3) is 1.78. The molecule has 1 aliphatic rings. The Morgan fingerprint density at radius 3 is 2.58 bits per heavy atom. The fourth-order valence-corrected chi connectivity index (χ4v) is 1.15. The van der Waals surface area contributed by atoms with Crippen molar-refractivity contribution in [2.24, 2.45) is 0 Å². The van der Waals surface area contributed by atoms with Crippen molar-refractivity contribution in [1.29, 1.82) is 0 Å². The van der Waals surface area contributed by atoms with Crippen molar-refractivity contribution in [1.82, 2.24) is 5.32 Å². The van der Waals surface area contributed by atoms with E-state index in [0.717, 1.165) is 18.4 Å². The molecule has 0 heterocycles. The van der Waals surface area contributed by atoms with E-state index in [1.165, 1.54) is 0 Å². The first-order valence-corrected chi connectivity index (χ1v) is 4.21. The van der Waals surface area contributed by atoms with Gasteiger partial charge in [-0.25, -0.2) is 4.79 Å². The fourth-order valence-electron chi connectivity index (χ4n) is 1.15. The van der Waals surface area contributed by atoms with Crippen LogP contribution < -0.4 is 5.32 Å². The summed E-state index contributed by atoms with van der Waals surface area (Å²) in [4.78, 5) is 11.0. The lowest BCUT2D eigenvalue weighted by Crippen LogP contribution is -2.37. The molecule has 1 saturated carbocycles. The average molecular weight is 169 g/mol. The van der Waals surface area contributed by atoms with Crippen molar-refractivity contribution >= 4 is 6.09 Å². The molecule has 68 valence electrons. The molecule has 1 rings (SSSR count). The maximum atomic E-state index is 11.0. The van der Waals surface area contributed by atoms with Crippen LogP contribution in [0.25, 0.3) is 0 Å². The summed E-state index contributed by atoms with van der Waals surface area (Å²) >= 11 is 0. The standard InChI is InChI=1S/C9H15NO2/c1-4-12-8(11)10-9(5-6-9)7(2)3/h2,4-6H2,1,3H3,(H,10,11). The molecule has 0 saturated heterocycles. The van der Waals surface area contributed by atoms with Crippen LogP contribution in [0.2, 0.25) is 0 Å². The van der Waals surface area contributed by atoms with Gasteiger partial charge in [-0.3, -0.25) is 0 Å². The monoisotopic (exact) mass is 169 g/mol. The molecule has 1 fully saturated rings. The number of nitrogens with one attached hydrogen (secondary N) is 1. The highest BCUT2D eigenvalue weighted by atomic mass is 16.5. The highest BCUT2D eigenvalue weighted by Gasteiger charge is 2.45. The van der Waals surface area contributed by atoms with Crippen LogP contribution in [0.3, 0.4) is 0 Å². The first-order chi connectivity index (χ1) is 5.60. The zero-order valence-corrected chi connectivity index (χ0v) is 7.64. The molecule has 0 spiro atoms. The van der Waals surface area contributed by atoms with Crippen molar-refractivity contribution in [2.45, 2.75) is 32.2 Å². The molecule has 0 aliphatic heterocycles. The maximum Gasteiger partial charge on any atom is 0.407 e. The van der Waals surface area contributed by atoms with E-state index >= 15 is 0 Å². The van der Waals surface area contributed by atoms with E-state index in [0.29, 0.717) is 6.61 Å². The van der Waals surface area contributed by atoms with Gasteiger partial charge in [-0.15, -0.1) is 0 Å². The number of rotatable bonds is 3. The molecule has 0 aromatic rings. The second-order valence-electron chi connectivity index (χ2n) is 3.21. The third-order valence-electron chi connectivity index (χ3n) is 2.18. The Bertz CT molecular complexity index is 207. The number of carbonyl (C=O) groups is 1. The van der Waals surface area contributed by atoms with E-state index < -0.39 is 0 Å². The molecular weight excluding hydrogens is 154 g/mol. The van der Waals surface area contributed by atoms with E-state index in [9.17, 15) is 4.79 Å². The summed E-state index contributed by atoms with van der Waals surface area (Å²) in [6, 6.07) is 0. The van der Waals surface area contributed by atoms with Crippen LogP contribution >= 0.6 is 0 Å². The Hall–Kier alpha value is -0.990. The zero-order chi connectivity index (χ0) is 9.19. The van der Waals surface area contributed by atoms with Crippen LogP contribution in [-0.2, 0) is 4.74 Å². The molecular formula is C9H15NO2. The maximum absolute atomic E-state index is 11.0. The van der Waals surface area contributed by atoms with E-state index in [1.54, 1.807) is 6.92 Å². The lowest BCUT2D eigenvalue weighted by molar-refractivity contribution is 0.148. The van der Waals surface area contributed by atoms with Gasteiger partial charge in [0.2, 0.25) is 0 Å². The molecule has 3 heteroatoms. The lowest BCUT2D eigenvalue weighted by atomic mass is 10.1. The highest BCUT2D eigenvalue weighted by Crippen LogP contribution is 2.41. The molecule has 0 aromatic heterocycles. The van der Waals surface area contributed by atoms with E-state index in [2.05, 4.69) is 11.9 Å².